The van der Waals surface area contributed by atoms with E-state index < -0.39 is 22.7 Å². The van der Waals surface area contributed by atoms with Gasteiger partial charge in [-0.3, -0.25) is 4.79 Å². The molecule has 0 saturated carbocycles. The molecule has 3 aromatic rings. The van der Waals surface area contributed by atoms with Gasteiger partial charge in [-0.15, -0.1) is 0 Å². The predicted molar refractivity (Wildman–Crippen MR) is 105 cm³/mol. The minimum atomic E-state index is -4.59. The molecule has 0 atom stereocenters. The van der Waals surface area contributed by atoms with Crippen LogP contribution in [0.4, 0.5) is 24.8 Å². The Morgan fingerprint density at radius 3 is 2.48 bits per heavy atom. The first-order valence-electron chi connectivity index (χ1n) is 8.56. The summed E-state index contributed by atoms with van der Waals surface area (Å²) in [7, 11) is 0. The van der Waals surface area contributed by atoms with Gasteiger partial charge in [0.2, 0.25) is 11.9 Å². The molecule has 0 aliphatic heterocycles. The van der Waals surface area contributed by atoms with E-state index in [-0.39, 0.29) is 18.1 Å². The second kappa shape index (κ2) is 8.48. The van der Waals surface area contributed by atoms with E-state index >= 15 is 0 Å². The zero-order valence-corrected chi connectivity index (χ0v) is 15.8. The van der Waals surface area contributed by atoms with E-state index in [0.29, 0.717) is 6.42 Å². The SMILES string of the molecule is Nc1ncc(-c2cccc(CCC(=O)Nc3ccc(Cl)c(C(F)(F)F)c3)c2)cn1. The van der Waals surface area contributed by atoms with Crippen LogP contribution >= 0.6 is 11.6 Å². The number of hydrogen-bond acceptors (Lipinski definition) is 4. The number of aryl methyl sites for hydroxylation is 1. The molecule has 1 heterocycles. The minimum Gasteiger partial charge on any atom is -0.368 e. The molecule has 3 N–H and O–H groups in total. The van der Waals surface area contributed by atoms with Gasteiger partial charge >= 0.3 is 6.18 Å². The van der Waals surface area contributed by atoms with Gasteiger partial charge in [-0.05, 0) is 35.7 Å². The maximum Gasteiger partial charge on any atom is 0.417 e. The van der Waals surface area contributed by atoms with E-state index in [4.69, 9.17) is 17.3 Å². The highest BCUT2D eigenvalue weighted by atomic mass is 35.5. The summed E-state index contributed by atoms with van der Waals surface area (Å²) in [5, 5.41) is 2.06. The summed E-state index contributed by atoms with van der Waals surface area (Å²) in [6.07, 6.45) is -0.870. The van der Waals surface area contributed by atoms with Crippen LogP contribution < -0.4 is 11.1 Å². The third-order valence-electron chi connectivity index (χ3n) is 4.13. The van der Waals surface area contributed by atoms with E-state index in [2.05, 4.69) is 15.3 Å². The largest absolute Gasteiger partial charge is 0.417 e. The molecule has 1 aromatic heterocycles. The van der Waals surface area contributed by atoms with E-state index in [1.54, 1.807) is 12.4 Å². The van der Waals surface area contributed by atoms with Crippen molar-refractivity contribution in [1.29, 1.82) is 0 Å². The lowest BCUT2D eigenvalue weighted by Gasteiger charge is -2.12. The number of carbonyl (C=O) groups excluding carboxylic acids is 1. The van der Waals surface area contributed by atoms with Crippen LogP contribution in [0.5, 0.6) is 0 Å². The number of anilines is 2. The number of aromatic nitrogens is 2. The zero-order chi connectivity index (χ0) is 21.0. The quantitative estimate of drug-likeness (QED) is 0.610. The van der Waals surface area contributed by atoms with Crippen molar-refractivity contribution in [3.05, 3.63) is 71.0 Å². The number of hydrogen-bond donors (Lipinski definition) is 2. The number of nitrogens with one attached hydrogen (secondary N) is 1. The molecule has 2 aromatic carbocycles. The molecule has 0 bridgehead atoms. The number of benzene rings is 2. The number of nitrogens with two attached hydrogens (primary N) is 1. The molecule has 0 unspecified atom stereocenters. The van der Waals surface area contributed by atoms with Crippen LogP contribution in [0.3, 0.4) is 0 Å². The number of carbonyl (C=O) groups is 1. The molecule has 0 aliphatic carbocycles. The fourth-order valence-corrected chi connectivity index (χ4v) is 2.92. The molecule has 0 aliphatic rings. The van der Waals surface area contributed by atoms with Crippen molar-refractivity contribution >= 4 is 29.1 Å². The Morgan fingerprint density at radius 2 is 1.79 bits per heavy atom. The van der Waals surface area contributed by atoms with Gasteiger partial charge in [-0.1, -0.05) is 35.9 Å². The Morgan fingerprint density at radius 1 is 1.07 bits per heavy atom. The minimum absolute atomic E-state index is 0.0412. The molecule has 29 heavy (non-hydrogen) atoms. The first kappa shape index (κ1) is 20.6. The van der Waals surface area contributed by atoms with Gasteiger partial charge in [0, 0.05) is 30.1 Å². The van der Waals surface area contributed by atoms with Crippen LogP contribution in [0.15, 0.2) is 54.9 Å². The maximum absolute atomic E-state index is 12.9. The standard InChI is InChI=1S/C20H16ClF3N4O/c21-17-6-5-15(9-16(17)20(22,23)24)28-18(29)7-4-12-2-1-3-13(8-12)14-10-26-19(25)27-11-14/h1-3,5-6,8-11H,4,7H2,(H,28,29)(H2,25,26,27). The van der Waals surface area contributed by atoms with Gasteiger partial charge in [0.05, 0.1) is 10.6 Å². The van der Waals surface area contributed by atoms with Crippen LogP contribution in [0.25, 0.3) is 11.1 Å². The number of halogens is 4. The summed E-state index contributed by atoms with van der Waals surface area (Å²) >= 11 is 5.58. The van der Waals surface area contributed by atoms with E-state index in [0.717, 1.165) is 28.8 Å². The van der Waals surface area contributed by atoms with Crippen molar-refractivity contribution in [2.45, 2.75) is 19.0 Å². The summed E-state index contributed by atoms with van der Waals surface area (Å²) < 4.78 is 38.8. The molecule has 0 radical (unpaired) electrons. The second-order valence-corrected chi connectivity index (χ2v) is 6.68. The van der Waals surface area contributed by atoms with Crippen molar-refractivity contribution in [2.75, 3.05) is 11.1 Å². The Kier molecular flexibility index (Phi) is 6.03. The molecule has 150 valence electrons. The van der Waals surface area contributed by atoms with Gasteiger partial charge in [-0.2, -0.15) is 13.2 Å². The van der Waals surface area contributed by atoms with Crippen LogP contribution in [0.2, 0.25) is 5.02 Å². The summed E-state index contributed by atoms with van der Waals surface area (Å²) in [5.41, 5.74) is 7.08. The Bertz CT molecular complexity index is 1020. The van der Waals surface area contributed by atoms with Gasteiger partial charge in [0.1, 0.15) is 0 Å². The fourth-order valence-electron chi connectivity index (χ4n) is 2.70. The number of alkyl halides is 3. The van der Waals surface area contributed by atoms with Crippen molar-refractivity contribution < 1.29 is 18.0 Å². The Balaban J connectivity index is 1.64. The third-order valence-corrected chi connectivity index (χ3v) is 4.46. The van der Waals surface area contributed by atoms with Crippen molar-refractivity contribution in [3.8, 4) is 11.1 Å². The fraction of sp³-hybridized carbons (Fsp3) is 0.150. The summed E-state index contributed by atoms with van der Waals surface area (Å²) in [6, 6.07) is 10.7. The molecule has 3 rings (SSSR count). The molecular formula is C20H16ClF3N4O. The number of nitrogens with zero attached hydrogens (tertiary/aromatic N) is 2. The maximum atomic E-state index is 12.9. The lowest BCUT2D eigenvalue weighted by molar-refractivity contribution is -0.137. The average Bonchev–Trinajstić information content (AvgIpc) is 2.68. The molecule has 0 spiro atoms. The van der Waals surface area contributed by atoms with E-state index in [1.807, 2.05) is 24.3 Å². The molecule has 5 nitrogen and oxygen atoms in total. The Labute approximate surface area is 169 Å². The first-order chi connectivity index (χ1) is 13.7. The highest BCUT2D eigenvalue weighted by molar-refractivity contribution is 6.31. The highest BCUT2D eigenvalue weighted by Crippen LogP contribution is 2.36. The lowest BCUT2D eigenvalue weighted by atomic mass is 10.0. The van der Waals surface area contributed by atoms with Crippen molar-refractivity contribution in [3.63, 3.8) is 0 Å². The van der Waals surface area contributed by atoms with Gasteiger partial charge in [-0.25, -0.2) is 9.97 Å². The smallest absolute Gasteiger partial charge is 0.368 e. The molecule has 1 amide bonds. The zero-order valence-electron chi connectivity index (χ0n) is 15.0. The monoisotopic (exact) mass is 420 g/mol. The van der Waals surface area contributed by atoms with Crippen LogP contribution in [-0.2, 0) is 17.4 Å². The first-order valence-corrected chi connectivity index (χ1v) is 8.93. The topological polar surface area (TPSA) is 80.9 Å². The average molecular weight is 421 g/mol. The molecule has 0 saturated heterocycles. The van der Waals surface area contributed by atoms with Gasteiger partial charge in [0.15, 0.2) is 0 Å². The van der Waals surface area contributed by atoms with Crippen molar-refractivity contribution in [1.82, 2.24) is 9.97 Å². The molecule has 0 fully saturated rings. The van der Waals surface area contributed by atoms with Crippen LogP contribution in [0.1, 0.15) is 17.5 Å². The third kappa shape index (κ3) is 5.45. The highest BCUT2D eigenvalue weighted by Gasteiger charge is 2.33. The van der Waals surface area contributed by atoms with E-state index in [1.165, 1.54) is 6.07 Å². The molecule has 9 heteroatoms. The number of nitrogen functional groups attached to an aromatic ring is 1. The summed E-state index contributed by atoms with van der Waals surface area (Å²) in [5.74, 6) is -0.223. The van der Waals surface area contributed by atoms with Crippen LogP contribution in [0, 0.1) is 0 Å². The van der Waals surface area contributed by atoms with E-state index in [9.17, 15) is 18.0 Å². The normalized spacial score (nSPS) is 11.3. The Hall–Kier alpha value is -3.13. The molecular weight excluding hydrogens is 405 g/mol. The predicted octanol–water partition coefficient (Wildman–Crippen LogP) is 4.97. The second-order valence-electron chi connectivity index (χ2n) is 6.27. The summed E-state index contributed by atoms with van der Waals surface area (Å²) in [6.45, 7) is 0. The van der Waals surface area contributed by atoms with Gasteiger partial charge < -0.3 is 11.1 Å². The number of rotatable bonds is 5. The number of amides is 1. The van der Waals surface area contributed by atoms with Crippen LogP contribution in [-0.4, -0.2) is 15.9 Å². The summed E-state index contributed by atoms with van der Waals surface area (Å²) in [4.78, 5) is 20.1. The van der Waals surface area contributed by atoms with Crippen molar-refractivity contribution in [2.24, 2.45) is 0 Å². The lowest BCUT2D eigenvalue weighted by Crippen LogP contribution is -2.14. The van der Waals surface area contributed by atoms with Gasteiger partial charge in [0.25, 0.3) is 0 Å².